The standard InChI is InChI=1S/C9H10ClNO2/c1-2-13-11-6-7-8(10)4-3-5-9(7)12/h3-6,12H,2H2,1H3. The number of halogens is 1. The zero-order chi connectivity index (χ0) is 9.68. The van der Waals surface area contributed by atoms with Gasteiger partial charge in [-0.3, -0.25) is 0 Å². The number of phenolic OH excluding ortho intramolecular Hbond substituents is 1. The van der Waals surface area contributed by atoms with E-state index < -0.39 is 0 Å². The van der Waals surface area contributed by atoms with E-state index in [-0.39, 0.29) is 5.75 Å². The van der Waals surface area contributed by atoms with E-state index in [9.17, 15) is 5.11 Å². The normalized spacial score (nSPS) is 10.6. The molecule has 0 saturated heterocycles. The first-order chi connectivity index (χ1) is 6.25. The number of oxime groups is 1. The lowest BCUT2D eigenvalue weighted by Crippen LogP contribution is -1.86. The Kier molecular flexibility index (Phi) is 3.58. The van der Waals surface area contributed by atoms with Crippen LogP contribution in [-0.2, 0) is 4.84 Å². The Balaban J connectivity index is 2.87. The fourth-order valence-corrected chi connectivity index (χ4v) is 1.04. The second-order valence-electron chi connectivity index (χ2n) is 2.32. The van der Waals surface area contributed by atoms with Gasteiger partial charge in [-0.05, 0) is 19.1 Å². The van der Waals surface area contributed by atoms with Crippen molar-refractivity contribution < 1.29 is 9.94 Å². The highest BCUT2D eigenvalue weighted by atomic mass is 35.5. The lowest BCUT2D eigenvalue weighted by atomic mass is 10.2. The van der Waals surface area contributed by atoms with E-state index in [0.29, 0.717) is 17.2 Å². The van der Waals surface area contributed by atoms with Crippen LogP contribution in [0, 0.1) is 0 Å². The van der Waals surface area contributed by atoms with Crippen LogP contribution in [0.3, 0.4) is 0 Å². The first kappa shape index (κ1) is 9.86. The maximum atomic E-state index is 9.36. The number of aromatic hydroxyl groups is 1. The van der Waals surface area contributed by atoms with Crippen LogP contribution in [0.1, 0.15) is 12.5 Å². The Hall–Kier alpha value is -1.22. The number of hydrogen-bond donors (Lipinski definition) is 1. The third-order valence-corrected chi connectivity index (χ3v) is 1.74. The van der Waals surface area contributed by atoms with Crippen molar-refractivity contribution in [2.24, 2.45) is 5.16 Å². The van der Waals surface area contributed by atoms with E-state index in [4.69, 9.17) is 16.4 Å². The third-order valence-electron chi connectivity index (χ3n) is 1.42. The zero-order valence-electron chi connectivity index (χ0n) is 7.20. The highest BCUT2D eigenvalue weighted by Gasteiger charge is 2.02. The van der Waals surface area contributed by atoms with Gasteiger partial charge in [0.25, 0.3) is 0 Å². The Morgan fingerprint density at radius 2 is 2.38 bits per heavy atom. The number of nitrogens with zero attached hydrogens (tertiary/aromatic N) is 1. The fraction of sp³-hybridized carbons (Fsp3) is 0.222. The molecule has 0 bridgehead atoms. The first-order valence-corrected chi connectivity index (χ1v) is 4.26. The van der Waals surface area contributed by atoms with Crippen LogP contribution >= 0.6 is 11.6 Å². The second kappa shape index (κ2) is 4.72. The van der Waals surface area contributed by atoms with E-state index in [2.05, 4.69) is 5.16 Å². The summed E-state index contributed by atoms with van der Waals surface area (Å²) in [6.07, 6.45) is 1.39. The quantitative estimate of drug-likeness (QED) is 0.600. The summed E-state index contributed by atoms with van der Waals surface area (Å²) in [5.74, 6) is 0.0935. The topological polar surface area (TPSA) is 41.8 Å². The Labute approximate surface area is 81.6 Å². The van der Waals surface area contributed by atoms with Crippen LogP contribution in [0.15, 0.2) is 23.4 Å². The Morgan fingerprint density at radius 3 is 3.00 bits per heavy atom. The third kappa shape index (κ3) is 2.63. The molecule has 0 aliphatic rings. The molecule has 0 amide bonds. The van der Waals surface area contributed by atoms with E-state index in [1.807, 2.05) is 6.92 Å². The summed E-state index contributed by atoms with van der Waals surface area (Å²) in [4.78, 5) is 4.75. The van der Waals surface area contributed by atoms with E-state index in [0.717, 1.165) is 0 Å². The molecule has 70 valence electrons. The fourth-order valence-electron chi connectivity index (χ4n) is 0.818. The van der Waals surface area contributed by atoms with Crippen LogP contribution in [0.4, 0.5) is 0 Å². The average molecular weight is 200 g/mol. The molecular weight excluding hydrogens is 190 g/mol. The molecular formula is C9H10ClNO2. The lowest BCUT2D eigenvalue weighted by molar-refractivity contribution is 0.160. The highest BCUT2D eigenvalue weighted by Crippen LogP contribution is 2.22. The van der Waals surface area contributed by atoms with E-state index >= 15 is 0 Å². The molecule has 0 aromatic heterocycles. The van der Waals surface area contributed by atoms with Gasteiger partial charge in [0, 0.05) is 0 Å². The maximum Gasteiger partial charge on any atom is 0.125 e. The van der Waals surface area contributed by atoms with Crippen molar-refractivity contribution in [3.8, 4) is 5.75 Å². The molecule has 0 fully saturated rings. The first-order valence-electron chi connectivity index (χ1n) is 3.88. The summed E-state index contributed by atoms with van der Waals surface area (Å²) >= 11 is 5.80. The number of phenols is 1. The highest BCUT2D eigenvalue weighted by molar-refractivity contribution is 6.33. The van der Waals surface area contributed by atoms with Gasteiger partial charge in [-0.25, -0.2) is 0 Å². The maximum absolute atomic E-state index is 9.36. The van der Waals surface area contributed by atoms with E-state index in [1.165, 1.54) is 6.21 Å². The van der Waals surface area contributed by atoms with Crippen molar-refractivity contribution >= 4 is 17.8 Å². The molecule has 0 saturated carbocycles. The molecule has 1 rings (SSSR count). The van der Waals surface area contributed by atoms with Gasteiger partial charge < -0.3 is 9.94 Å². The number of rotatable bonds is 3. The molecule has 0 aliphatic heterocycles. The number of hydrogen-bond acceptors (Lipinski definition) is 3. The smallest absolute Gasteiger partial charge is 0.125 e. The molecule has 1 aromatic carbocycles. The summed E-state index contributed by atoms with van der Waals surface area (Å²) in [6, 6.07) is 4.88. The lowest BCUT2D eigenvalue weighted by Gasteiger charge is -1.99. The van der Waals surface area contributed by atoms with Gasteiger partial charge in [0.05, 0.1) is 16.8 Å². The molecule has 0 heterocycles. The van der Waals surface area contributed by atoms with Gasteiger partial charge in [-0.15, -0.1) is 0 Å². The Bertz CT molecular complexity index is 292. The minimum atomic E-state index is 0.0935. The van der Waals surface area contributed by atoms with Gasteiger partial charge >= 0.3 is 0 Å². The summed E-state index contributed by atoms with van der Waals surface area (Å²) in [5, 5.41) is 13.4. The largest absolute Gasteiger partial charge is 0.507 e. The Morgan fingerprint density at radius 1 is 1.62 bits per heavy atom. The van der Waals surface area contributed by atoms with Crippen molar-refractivity contribution in [1.29, 1.82) is 0 Å². The predicted octanol–water partition coefficient (Wildman–Crippen LogP) is 2.42. The molecule has 4 heteroatoms. The summed E-state index contributed by atoms with van der Waals surface area (Å²) < 4.78 is 0. The van der Waals surface area contributed by atoms with Crippen LogP contribution in [-0.4, -0.2) is 17.9 Å². The van der Waals surface area contributed by atoms with Crippen LogP contribution in [0.2, 0.25) is 5.02 Å². The summed E-state index contributed by atoms with van der Waals surface area (Å²) in [7, 11) is 0. The zero-order valence-corrected chi connectivity index (χ0v) is 7.95. The minimum absolute atomic E-state index is 0.0935. The molecule has 3 nitrogen and oxygen atoms in total. The second-order valence-corrected chi connectivity index (χ2v) is 2.73. The van der Waals surface area contributed by atoms with Crippen LogP contribution in [0.5, 0.6) is 5.75 Å². The molecule has 0 spiro atoms. The van der Waals surface area contributed by atoms with Crippen LogP contribution < -0.4 is 0 Å². The van der Waals surface area contributed by atoms with Gasteiger partial charge in [-0.2, -0.15) is 0 Å². The van der Waals surface area contributed by atoms with Crippen molar-refractivity contribution in [2.75, 3.05) is 6.61 Å². The molecule has 0 atom stereocenters. The molecule has 0 aliphatic carbocycles. The molecule has 0 radical (unpaired) electrons. The predicted molar refractivity (Wildman–Crippen MR) is 52.3 cm³/mol. The molecule has 1 aromatic rings. The average Bonchev–Trinajstić information content (AvgIpc) is 2.10. The monoisotopic (exact) mass is 199 g/mol. The molecule has 1 N–H and O–H groups in total. The van der Waals surface area contributed by atoms with Gasteiger partial charge in [-0.1, -0.05) is 22.8 Å². The minimum Gasteiger partial charge on any atom is -0.507 e. The van der Waals surface area contributed by atoms with Gasteiger partial charge in [0.2, 0.25) is 0 Å². The van der Waals surface area contributed by atoms with Gasteiger partial charge in [0.15, 0.2) is 0 Å². The molecule has 0 unspecified atom stereocenters. The molecule has 13 heavy (non-hydrogen) atoms. The van der Waals surface area contributed by atoms with Crippen molar-refractivity contribution in [3.63, 3.8) is 0 Å². The van der Waals surface area contributed by atoms with E-state index in [1.54, 1.807) is 18.2 Å². The number of benzene rings is 1. The van der Waals surface area contributed by atoms with Gasteiger partial charge in [0.1, 0.15) is 12.4 Å². The summed E-state index contributed by atoms with van der Waals surface area (Å²) in [5.41, 5.74) is 0.470. The van der Waals surface area contributed by atoms with Crippen molar-refractivity contribution in [1.82, 2.24) is 0 Å². The van der Waals surface area contributed by atoms with Crippen LogP contribution in [0.25, 0.3) is 0 Å². The summed E-state index contributed by atoms with van der Waals surface area (Å²) in [6.45, 7) is 2.31. The van der Waals surface area contributed by atoms with Crippen molar-refractivity contribution in [2.45, 2.75) is 6.92 Å². The SMILES string of the molecule is CCON=Cc1c(O)cccc1Cl. The van der Waals surface area contributed by atoms with Crippen molar-refractivity contribution in [3.05, 3.63) is 28.8 Å².